The van der Waals surface area contributed by atoms with Gasteiger partial charge in [-0.15, -0.1) is 0 Å². The minimum Gasteiger partial charge on any atom is -0.480 e. The Kier molecular flexibility index (Phi) is 2.73. The number of carbonyl (C=O) groups is 2. The summed E-state index contributed by atoms with van der Waals surface area (Å²) in [4.78, 5) is 22.3. The third kappa shape index (κ3) is 6.03. The Bertz CT molecular complexity index is 412. The largest absolute Gasteiger partial charge is 0.480 e. The van der Waals surface area contributed by atoms with Crippen molar-refractivity contribution in [2.24, 2.45) is 17.4 Å². The molecule has 0 radical (unpaired) electrons. The van der Waals surface area contributed by atoms with E-state index in [1.54, 1.807) is 0 Å². The van der Waals surface area contributed by atoms with Crippen LogP contribution in [-0.4, -0.2) is 35.7 Å². The van der Waals surface area contributed by atoms with Crippen LogP contribution >= 0.6 is 0 Å². The van der Waals surface area contributed by atoms with E-state index < -0.39 is 43.3 Å². The van der Waals surface area contributed by atoms with Gasteiger partial charge in [0.15, 0.2) is 0 Å². The van der Waals surface area contributed by atoms with Crippen molar-refractivity contribution in [3.8, 4) is 0 Å². The van der Waals surface area contributed by atoms with Crippen LogP contribution in [0.1, 0.15) is 28.4 Å². The molecule has 6 nitrogen and oxygen atoms in total. The zero-order valence-corrected chi connectivity index (χ0v) is 8.19. The second-order valence-corrected chi connectivity index (χ2v) is 2.99. The molecule has 0 heterocycles. The molecule has 0 saturated carbocycles. The van der Waals surface area contributed by atoms with E-state index in [9.17, 15) is 9.59 Å². The summed E-state index contributed by atoms with van der Waals surface area (Å²) in [7, 11) is 0. The third-order valence-corrected chi connectivity index (χ3v) is 1.40. The van der Waals surface area contributed by atoms with Crippen LogP contribution in [-0.2, 0) is 14.3 Å². The van der Waals surface area contributed by atoms with Gasteiger partial charge in [0.25, 0.3) is 0 Å². The maximum Gasteiger partial charge on any atom is 0.324 e. The minimum atomic E-state index is -3.34. The molecule has 0 fully saturated rings. The first-order valence-electron chi connectivity index (χ1n) is 7.13. The summed E-state index contributed by atoms with van der Waals surface area (Å²) in [6, 6.07) is -4.71. The van der Waals surface area contributed by atoms with Gasteiger partial charge in [-0.2, -0.15) is 0 Å². The Hall–Kier alpha value is -1.14. The van der Waals surface area contributed by atoms with Gasteiger partial charge in [0.1, 0.15) is 18.6 Å². The fourth-order valence-electron chi connectivity index (χ4n) is 0.702. The number of carbonyl (C=O) groups excluding carboxylic acids is 1. The first-order chi connectivity index (χ1) is 9.13. The third-order valence-electron chi connectivity index (χ3n) is 1.40. The van der Waals surface area contributed by atoms with E-state index in [4.69, 9.17) is 24.8 Å². The Balaban J connectivity index is 4.87. The molecule has 0 aromatic heterocycles. The highest BCUT2D eigenvalue weighted by atomic mass is 16.5. The number of aliphatic carboxylic acids is 1. The van der Waals surface area contributed by atoms with Crippen molar-refractivity contribution in [3.05, 3.63) is 0 Å². The topological polar surface area (TPSA) is 116 Å². The summed E-state index contributed by atoms with van der Waals surface area (Å²) in [6.45, 7) is -4.37. The van der Waals surface area contributed by atoms with E-state index >= 15 is 0 Å². The summed E-state index contributed by atoms with van der Waals surface area (Å²) in [5, 5.41) is 8.63. The van der Waals surface area contributed by atoms with Gasteiger partial charge in [-0.1, -0.05) is 13.8 Å². The van der Waals surface area contributed by atoms with Crippen LogP contribution in [0.4, 0.5) is 0 Å². The molecule has 0 aromatic rings. The molecule has 0 aliphatic heterocycles. The van der Waals surface area contributed by atoms with E-state index in [-0.39, 0.29) is 6.42 Å². The Morgan fingerprint density at radius 3 is 2.73 bits per heavy atom. The maximum atomic E-state index is 11.6. The summed E-state index contributed by atoms with van der Waals surface area (Å²) < 4.78 is 47.3. The molecule has 3 atom stereocenters. The van der Waals surface area contributed by atoms with Crippen LogP contribution in [0, 0.1) is 5.92 Å². The number of hydrogen-bond donors (Lipinski definition) is 3. The predicted molar refractivity (Wildman–Crippen MR) is 54.0 cm³/mol. The van der Waals surface area contributed by atoms with Crippen LogP contribution in [0.25, 0.3) is 0 Å². The van der Waals surface area contributed by atoms with Gasteiger partial charge >= 0.3 is 11.9 Å². The molecular weight excluding hydrogens is 200 g/mol. The molecule has 0 saturated heterocycles. The summed E-state index contributed by atoms with van der Waals surface area (Å²) >= 11 is 0. The fourth-order valence-corrected chi connectivity index (χ4v) is 0.702. The normalized spacial score (nSPS) is 26.3. The van der Waals surface area contributed by atoms with Gasteiger partial charge in [0.05, 0.1) is 4.11 Å². The lowest BCUT2D eigenvalue weighted by Crippen LogP contribution is -2.40. The van der Waals surface area contributed by atoms with Crippen molar-refractivity contribution in [2.75, 3.05) is 6.56 Å². The number of ether oxygens (including phenoxy) is 1. The number of carboxylic acids is 1. The molecular formula is C9H18N2O4. The van der Waals surface area contributed by atoms with Crippen LogP contribution in [0.15, 0.2) is 0 Å². The Morgan fingerprint density at radius 1 is 1.67 bits per heavy atom. The summed E-state index contributed by atoms with van der Waals surface area (Å²) in [5.74, 6) is -4.37. The van der Waals surface area contributed by atoms with E-state index in [2.05, 4.69) is 4.74 Å². The molecule has 0 aliphatic rings. The molecule has 0 rings (SSSR count). The van der Waals surface area contributed by atoms with Gasteiger partial charge in [0, 0.05) is 4.11 Å². The first-order valence-corrected chi connectivity index (χ1v) is 4.13. The average Bonchev–Trinajstić information content (AvgIpc) is 2.26. The number of rotatable bonds is 6. The molecule has 0 bridgehead atoms. The van der Waals surface area contributed by atoms with E-state index in [1.165, 1.54) is 6.92 Å². The number of hydrogen-bond acceptors (Lipinski definition) is 5. The molecule has 15 heavy (non-hydrogen) atoms. The average molecular weight is 224 g/mol. The number of esters is 1. The van der Waals surface area contributed by atoms with Gasteiger partial charge in [-0.25, -0.2) is 0 Å². The molecule has 0 amide bonds. The molecule has 0 aromatic carbocycles. The predicted octanol–water partition coefficient (Wildman–Crippen LogP) is -0.685. The highest BCUT2D eigenvalue weighted by molar-refractivity contribution is 5.77. The van der Waals surface area contributed by atoms with Crippen LogP contribution in [0.5, 0.6) is 0 Å². The maximum absolute atomic E-state index is 11.6. The highest BCUT2D eigenvalue weighted by Gasteiger charge is 2.19. The standard InChI is InChI=1S/C9H18N2O4/c1-5(2)3-6(10)9(14)15-4-7(11)8(12)13/h5-7H,3-4,10-11H2,1-2H3,(H,12,13)/t6-,7-/m0/s1/i1D3,4D2,7D/t5?,6-,7-. The molecule has 6 heteroatoms. The van der Waals surface area contributed by atoms with Crippen LogP contribution in [0.3, 0.4) is 0 Å². The Labute approximate surface area is 97.0 Å². The fraction of sp³-hybridized carbons (Fsp3) is 0.778. The lowest BCUT2D eigenvalue weighted by molar-refractivity contribution is -0.149. The second kappa shape index (κ2) is 6.36. The minimum absolute atomic E-state index is 0.325. The van der Waals surface area contributed by atoms with Gasteiger partial charge in [0.2, 0.25) is 0 Å². The first kappa shape index (κ1) is 6.44. The SMILES string of the molecule is [2H]C([2H])([2H])C(C)C[C@H](N)C(=O)OC([2H])([2H])[C@]([2H])(N)C(=O)O. The molecule has 0 spiro atoms. The van der Waals surface area contributed by atoms with Gasteiger partial charge in [-0.3, -0.25) is 9.59 Å². The van der Waals surface area contributed by atoms with E-state index in [1.807, 2.05) is 0 Å². The van der Waals surface area contributed by atoms with Crippen molar-refractivity contribution >= 4 is 11.9 Å². The second-order valence-electron chi connectivity index (χ2n) is 2.99. The van der Waals surface area contributed by atoms with Crippen molar-refractivity contribution in [3.63, 3.8) is 0 Å². The van der Waals surface area contributed by atoms with Gasteiger partial charge in [-0.05, 0) is 12.3 Å². The Morgan fingerprint density at radius 2 is 2.27 bits per heavy atom. The zero-order chi connectivity index (χ0) is 17.2. The molecule has 0 aliphatic carbocycles. The van der Waals surface area contributed by atoms with E-state index in [0.29, 0.717) is 0 Å². The smallest absolute Gasteiger partial charge is 0.324 e. The summed E-state index contributed by atoms with van der Waals surface area (Å²) in [6.07, 6.45) is -0.325. The molecule has 1 unspecified atom stereocenters. The van der Waals surface area contributed by atoms with Crippen LogP contribution < -0.4 is 11.5 Å². The van der Waals surface area contributed by atoms with Crippen LogP contribution in [0.2, 0.25) is 0 Å². The summed E-state index contributed by atoms with van der Waals surface area (Å²) in [5.41, 5.74) is 10.3. The lowest BCUT2D eigenvalue weighted by Gasteiger charge is -2.14. The lowest BCUT2D eigenvalue weighted by atomic mass is 10.1. The number of carboxylic acid groups (broad SMARTS) is 1. The van der Waals surface area contributed by atoms with Crippen molar-refractivity contribution in [1.82, 2.24) is 0 Å². The van der Waals surface area contributed by atoms with Crippen molar-refractivity contribution in [2.45, 2.75) is 32.3 Å². The highest BCUT2D eigenvalue weighted by Crippen LogP contribution is 2.04. The number of nitrogens with two attached hydrogens (primary N) is 2. The molecule has 5 N–H and O–H groups in total. The van der Waals surface area contributed by atoms with Crippen molar-refractivity contribution < 1.29 is 27.7 Å². The van der Waals surface area contributed by atoms with Crippen molar-refractivity contribution in [1.29, 1.82) is 0 Å². The quantitative estimate of drug-likeness (QED) is 0.514. The van der Waals surface area contributed by atoms with E-state index in [0.717, 1.165) is 0 Å². The molecule has 88 valence electrons. The zero-order valence-electron chi connectivity index (χ0n) is 14.2. The monoisotopic (exact) mass is 224 g/mol. The van der Waals surface area contributed by atoms with Gasteiger partial charge < -0.3 is 21.3 Å².